The zero-order chi connectivity index (χ0) is 14.5. The van der Waals surface area contributed by atoms with Crippen molar-refractivity contribution in [1.82, 2.24) is 10.3 Å². The number of carbonyl (C=O) groups is 1. The van der Waals surface area contributed by atoms with Crippen LogP contribution in [0.15, 0.2) is 23.6 Å². The summed E-state index contributed by atoms with van der Waals surface area (Å²) in [4.78, 5) is 16.4. The second kappa shape index (κ2) is 6.52. The zero-order valence-electron chi connectivity index (χ0n) is 12.0. The van der Waals surface area contributed by atoms with Gasteiger partial charge in [0.1, 0.15) is 0 Å². The molecule has 2 N–H and O–H groups in total. The first-order valence-corrected chi connectivity index (χ1v) is 7.45. The molecule has 0 unspecified atom stereocenters. The van der Waals surface area contributed by atoms with E-state index in [4.69, 9.17) is 0 Å². The summed E-state index contributed by atoms with van der Waals surface area (Å²) in [6.45, 7) is 4.65. The third-order valence-corrected chi connectivity index (χ3v) is 4.11. The van der Waals surface area contributed by atoms with Crippen molar-refractivity contribution in [2.75, 3.05) is 18.9 Å². The van der Waals surface area contributed by atoms with Crippen LogP contribution in [0.2, 0.25) is 0 Å². The number of nitrogens with zero attached hydrogens (tertiary/aromatic N) is 1. The Morgan fingerprint density at radius 2 is 2.10 bits per heavy atom. The quantitative estimate of drug-likeness (QED) is 0.890. The Kier molecular flexibility index (Phi) is 4.74. The zero-order valence-corrected chi connectivity index (χ0v) is 12.8. The molecule has 1 aromatic carbocycles. The van der Waals surface area contributed by atoms with E-state index in [1.807, 2.05) is 44.5 Å². The smallest absolute Gasteiger partial charge is 0.251 e. The van der Waals surface area contributed by atoms with E-state index in [0.717, 1.165) is 22.8 Å². The molecular weight excluding hydrogens is 270 g/mol. The summed E-state index contributed by atoms with van der Waals surface area (Å²) in [5.74, 6) is -0.0304. The predicted molar refractivity (Wildman–Crippen MR) is 83.6 cm³/mol. The molecule has 0 saturated heterocycles. The highest BCUT2D eigenvalue weighted by atomic mass is 32.1. The van der Waals surface area contributed by atoms with Crippen molar-refractivity contribution in [3.8, 4) is 0 Å². The van der Waals surface area contributed by atoms with Crippen molar-refractivity contribution in [2.45, 2.75) is 20.3 Å². The third kappa shape index (κ3) is 3.57. The fourth-order valence-corrected chi connectivity index (χ4v) is 2.53. The van der Waals surface area contributed by atoms with Crippen molar-refractivity contribution in [2.24, 2.45) is 0 Å². The van der Waals surface area contributed by atoms with E-state index in [2.05, 4.69) is 15.6 Å². The minimum atomic E-state index is -0.0304. The van der Waals surface area contributed by atoms with E-state index in [1.54, 1.807) is 11.3 Å². The second-order valence-electron chi connectivity index (χ2n) is 4.70. The molecule has 5 heteroatoms. The molecule has 0 spiro atoms. The Labute approximate surface area is 123 Å². The lowest BCUT2D eigenvalue weighted by Crippen LogP contribution is -2.25. The average molecular weight is 289 g/mol. The maximum atomic E-state index is 12.0. The van der Waals surface area contributed by atoms with Crippen LogP contribution >= 0.6 is 11.3 Å². The van der Waals surface area contributed by atoms with Gasteiger partial charge in [0.05, 0.1) is 5.69 Å². The molecule has 0 radical (unpaired) electrons. The van der Waals surface area contributed by atoms with Crippen molar-refractivity contribution in [1.29, 1.82) is 0 Å². The molecule has 2 rings (SSSR count). The van der Waals surface area contributed by atoms with Crippen molar-refractivity contribution in [3.05, 3.63) is 46.0 Å². The minimum Gasteiger partial charge on any atom is -0.365 e. The summed E-state index contributed by atoms with van der Waals surface area (Å²) in [6, 6.07) is 5.76. The van der Waals surface area contributed by atoms with Gasteiger partial charge in [0, 0.05) is 31.0 Å². The second-order valence-corrected chi connectivity index (χ2v) is 5.56. The highest BCUT2D eigenvalue weighted by molar-refractivity contribution is 7.13. The van der Waals surface area contributed by atoms with E-state index in [9.17, 15) is 4.79 Å². The summed E-state index contributed by atoms with van der Waals surface area (Å²) < 4.78 is 0. The van der Waals surface area contributed by atoms with E-state index >= 15 is 0 Å². The van der Waals surface area contributed by atoms with Gasteiger partial charge in [-0.25, -0.2) is 4.98 Å². The Balaban J connectivity index is 1.87. The number of nitrogens with one attached hydrogen (secondary N) is 2. The topological polar surface area (TPSA) is 54.0 Å². The molecule has 20 heavy (non-hydrogen) atoms. The normalized spacial score (nSPS) is 10.3. The maximum absolute atomic E-state index is 12.0. The number of hydrogen-bond acceptors (Lipinski definition) is 4. The molecule has 0 aliphatic heterocycles. The van der Waals surface area contributed by atoms with E-state index in [-0.39, 0.29) is 5.91 Å². The highest BCUT2D eigenvalue weighted by Crippen LogP contribution is 2.14. The Bertz CT molecular complexity index is 607. The Hall–Kier alpha value is -1.88. The van der Waals surface area contributed by atoms with Gasteiger partial charge in [-0.3, -0.25) is 4.79 Å². The predicted octanol–water partition coefficient (Wildman–Crippen LogP) is 2.77. The molecule has 0 aliphatic rings. The molecule has 0 saturated carbocycles. The molecule has 1 heterocycles. The molecule has 1 aromatic heterocycles. The first-order chi connectivity index (χ1) is 9.60. The lowest BCUT2D eigenvalue weighted by atomic mass is 10.1. The van der Waals surface area contributed by atoms with Crippen molar-refractivity contribution < 1.29 is 4.79 Å². The van der Waals surface area contributed by atoms with Gasteiger partial charge < -0.3 is 10.6 Å². The highest BCUT2D eigenvalue weighted by Gasteiger charge is 2.07. The van der Waals surface area contributed by atoms with Crippen LogP contribution in [-0.4, -0.2) is 24.5 Å². The first kappa shape index (κ1) is 14.5. The number of aryl methyl sites for hydroxylation is 2. The van der Waals surface area contributed by atoms with Crippen LogP contribution in [0, 0.1) is 13.8 Å². The van der Waals surface area contributed by atoms with Gasteiger partial charge in [-0.1, -0.05) is 6.07 Å². The van der Waals surface area contributed by atoms with E-state index in [1.165, 1.54) is 5.56 Å². The molecule has 0 bridgehead atoms. The van der Waals surface area contributed by atoms with Crippen LogP contribution in [0.1, 0.15) is 27.2 Å². The van der Waals surface area contributed by atoms with Crippen molar-refractivity contribution in [3.63, 3.8) is 0 Å². The molecule has 0 fully saturated rings. The summed E-state index contributed by atoms with van der Waals surface area (Å²) in [5, 5.41) is 8.84. The monoisotopic (exact) mass is 289 g/mol. The maximum Gasteiger partial charge on any atom is 0.251 e. The number of rotatable bonds is 5. The number of carbonyl (C=O) groups excluding carboxylic acids is 1. The molecular formula is C15H19N3OS. The standard InChI is InChI=1S/C15H19N3OS/c1-10-4-5-12(8-11(10)2)14(19)17-7-6-13-9-20-15(16-3)18-13/h4-5,8-9H,6-7H2,1-3H3,(H,16,18)(H,17,19). The lowest BCUT2D eigenvalue weighted by Gasteiger charge is -2.06. The molecule has 2 aromatic rings. The van der Waals surface area contributed by atoms with Crippen LogP contribution in [0.5, 0.6) is 0 Å². The Morgan fingerprint density at radius 1 is 1.30 bits per heavy atom. The first-order valence-electron chi connectivity index (χ1n) is 6.57. The molecule has 0 aliphatic carbocycles. The van der Waals surface area contributed by atoms with Gasteiger partial charge in [-0.2, -0.15) is 0 Å². The van der Waals surface area contributed by atoms with Crippen LogP contribution < -0.4 is 10.6 Å². The molecule has 106 valence electrons. The Morgan fingerprint density at radius 3 is 2.75 bits per heavy atom. The molecule has 0 atom stereocenters. The van der Waals surface area contributed by atoms with Gasteiger partial charge in [0.2, 0.25) is 0 Å². The minimum absolute atomic E-state index is 0.0304. The van der Waals surface area contributed by atoms with Gasteiger partial charge in [0.25, 0.3) is 5.91 Å². The molecule has 4 nitrogen and oxygen atoms in total. The van der Waals surface area contributed by atoms with Crippen molar-refractivity contribution >= 4 is 22.4 Å². The van der Waals surface area contributed by atoms with E-state index < -0.39 is 0 Å². The number of amides is 1. The third-order valence-electron chi connectivity index (χ3n) is 3.20. The lowest BCUT2D eigenvalue weighted by molar-refractivity contribution is 0.0954. The SMILES string of the molecule is CNc1nc(CCNC(=O)c2ccc(C)c(C)c2)cs1. The van der Waals surface area contributed by atoms with Gasteiger partial charge in [-0.15, -0.1) is 11.3 Å². The van der Waals surface area contributed by atoms with Crippen LogP contribution in [-0.2, 0) is 6.42 Å². The van der Waals surface area contributed by atoms with Crippen LogP contribution in [0.4, 0.5) is 5.13 Å². The van der Waals surface area contributed by atoms with Crippen LogP contribution in [0.25, 0.3) is 0 Å². The fraction of sp³-hybridized carbons (Fsp3) is 0.333. The largest absolute Gasteiger partial charge is 0.365 e. The number of hydrogen-bond donors (Lipinski definition) is 2. The van der Waals surface area contributed by atoms with Gasteiger partial charge in [0.15, 0.2) is 5.13 Å². The summed E-state index contributed by atoms with van der Waals surface area (Å²) in [6.07, 6.45) is 0.745. The number of anilines is 1. The van der Waals surface area contributed by atoms with E-state index in [0.29, 0.717) is 12.1 Å². The summed E-state index contributed by atoms with van der Waals surface area (Å²) in [7, 11) is 1.85. The number of thiazole rings is 1. The van der Waals surface area contributed by atoms with Gasteiger partial charge >= 0.3 is 0 Å². The number of benzene rings is 1. The summed E-state index contributed by atoms with van der Waals surface area (Å²) >= 11 is 1.57. The average Bonchev–Trinajstić information content (AvgIpc) is 2.89. The van der Waals surface area contributed by atoms with Crippen LogP contribution in [0.3, 0.4) is 0 Å². The summed E-state index contributed by atoms with van der Waals surface area (Å²) in [5.41, 5.74) is 4.04. The van der Waals surface area contributed by atoms with Gasteiger partial charge in [-0.05, 0) is 37.1 Å². The fourth-order valence-electron chi connectivity index (χ4n) is 1.83. The number of aromatic nitrogens is 1. The molecule has 1 amide bonds.